The van der Waals surface area contributed by atoms with Crippen molar-refractivity contribution in [2.75, 3.05) is 23.8 Å². The van der Waals surface area contributed by atoms with Crippen LogP contribution in [-0.2, 0) is 6.54 Å². The number of thiophene rings is 1. The van der Waals surface area contributed by atoms with E-state index in [4.69, 9.17) is 0 Å². The van der Waals surface area contributed by atoms with Crippen molar-refractivity contribution in [2.45, 2.75) is 20.4 Å². The molecule has 0 aliphatic carbocycles. The van der Waals surface area contributed by atoms with E-state index in [1.807, 2.05) is 20.0 Å². The number of aryl methyl sites for hydroxylation is 1. The van der Waals surface area contributed by atoms with Crippen LogP contribution in [-0.4, -0.2) is 23.6 Å². The van der Waals surface area contributed by atoms with Crippen molar-refractivity contribution in [3.63, 3.8) is 0 Å². The Labute approximate surface area is 112 Å². The van der Waals surface area contributed by atoms with Gasteiger partial charge in [0.15, 0.2) is 0 Å². The Bertz CT molecular complexity index is 496. The van der Waals surface area contributed by atoms with E-state index in [0.717, 1.165) is 24.6 Å². The Kier molecular flexibility index (Phi) is 4.15. The summed E-state index contributed by atoms with van der Waals surface area (Å²) in [5.74, 6) is 1.65. The van der Waals surface area contributed by atoms with Gasteiger partial charge in [-0.15, -0.1) is 11.3 Å². The van der Waals surface area contributed by atoms with Gasteiger partial charge in [-0.25, -0.2) is 4.98 Å². The monoisotopic (exact) mass is 262 g/mol. The molecule has 0 amide bonds. The minimum Gasteiger partial charge on any atom is -0.357 e. The van der Waals surface area contributed by atoms with Gasteiger partial charge < -0.3 is 10.2 Å². The lowest BCUT2D eigenvalue weighted by Crippen LogP contribution is -2.23. The van der Waals surface area contributed by atoms with E-state index in [1.165, 1.54) is 4.88 Å². The molecule has 0 aromatic carbocycles. The van der Waals surface area contributed by atoms with Crippen LogP contribution < -0.4 is 10.2 Å². The third kappa shape index (κ3) is 2.98. The van der Waals surface area contributed by atoms with Gasteiger partial charge in [0.05, 0.1) is 6.54 Å². The first kappa shape index (κ1) is 12.8. The molecule has 5 heteroatoms. The maximum absolute atomic E-state index is 4.51. The molecule has 0 fully saturated rings. The second kappa shape index (κ2) is 5.82. The highest BCUT2D eigenvalue weighted by molar-refractivity contribution is 7.09. The number of hydrogen-bond donors (Lipinski definition) is 1. The molecule has 2 aromatic rings. The summed E-state index contributed by atoms with van der Waals surface area (Å²) in [6.45, 7) is 5.96. The maximum atomic E-state index is 4.51. The summed E-state index contributed by atoms with van der Waals surface area (Å²) in [6.07, 6.45) is 0. The summed E-state index contributed by atoms with van der Waals surface area (Å²) in [5.41, 5.74) is 0.981. The predicted octanol–water partition coefficient (Wildman–Crippen LogP) is 2.91. The molecule has 2 heterocycles. The fraction of sp³-hybridized carbons (Fsp3) is 0.385. The number of hydrogen-bond acceptors (Lipinski definition) is 5. The van der Waals surface area contributed by atoms with Crippen molar-refractivity contribution in [3.8, 4) is 0 Å². The molecule has 2 rings (SSSR count). The van der Waals surface area contributed by atoms with Gasteiger partial charge in [-0.2, -0.15) is 4.98 Å². The molecule has 0 saturated carbocycles. The summed E-state index contributed by atoms with van der Waals surface area (Å²) < 4.78 is 0. The average Bonchev–Trinajstić information content (AvgIpc) is 2.88. The highest BCUT2D eigenvalue weighted by Gasteiger charge is 2.09. The number of nitrogens with one attached hydrogen (secondary N) is 1. The third-order valence-corrected chi connectivity index (χ3v) is 3.56. The van der Waals surface area contributed by atoms with Gasteiger partial charge in [-0.05, 0) is 25.3 Å². The van der Waals surface area contributed by atoms with Crippen LogP contribution in [0.2, 0.25) is 0 Å². The predicted molar refractivity (Wildman–Crippen MR) is 77.4 cm³/mol. The van der Waals surface area contributed by atoms with E-state index in [1.54, 1.807) is 11.3 Å². The van der Waals surface area contributed by atoms with Crippen LogP contribution in [0.5, 0.6) is 0 Å². The van der Waals surface area contributed by atoms with E-state index in [-0.39, 0.29) is 0 Å². The molecule has 1 N–H and O–H groups in total. The quantitative estimate of drug-likeness (QED) is 0.899. The second-order valence-corrected chi connectivity index (χ2v) is 5.07. The van der Waals surface area contributed by atoms with Crippen LogP contribution in [0.1, 0.15) is 17.5 Å². The van der Waals surface area contributed by atoms with Gasteiger partial charge in [0.1, 0.15) is 5.82 Å². The van der Waals surface area contributed by atoms with E-state index < -0.39 is 0 Å². The van der Waals surface area contributed by atoms with E-state index in [0.29, 0.717) is 5.95 Å². The van der Waals surface area contributed by atoms with Crippen LogP contribution in [0.3, 0.4) is 0 Å². The largest absolute Gasteiger partial charge is 0.357 e. The molecule has 2 aromatic heterocycles. The Morgan fingerprint density at radius 1 is 1.39 bits per heavy atom. The van der Waals surface area contributed by atoms with Crippen molar-refractivity contribution < 1.29 is 0 Å². The summed E-state index contributed by atoms with van der Waals surface area (Å²) >= 11 is 1.77. The molecule has 96 valence electrons. The molecule has 0 unspecified atom stereocenters. The lowest BCUT2D eigenvalue weighted by Gasteiger charge is -2.21. The van der Waals surface area contributed by atoms with Crippen LogP contribution in [0.15, 0.2) is 23.6 Å². The number of anilines is 2. The standard InChI is InChI=1S/C13H18N4S/c1-4-17(9-11-6-5-7-18-11)12-8-10(2)15-13(14-3)16-12/h5-8H,4,9H2,1-3H3,(H,14,15,16). The lowest BCUT2D eigenvalue weighted by atomic mass is 10.3. The molecule has 0 atom stereocenters. The lowest BCUT2D eigenvalue weighted by molar-refractivity contribution is 0.818. The molecule has 0 radical (unpaired) electrons. The molecular weight excluding hydrogens is 244 g/mol. The fourth-order valence-corrected chi connectivity index (χ4v) is 2.49. The first-order valence-corrected chi connectivity index (χ1v) is 6.91. The van der Waals surface area contributed by atoms with Crippen molar-refractivity contribution in [2.24, 2.45) is 0 Å². The van der Waals surface area contributed by atoms with Gasteiger partial charge in [-0.3, -0.25) is 0 Å². The molecule has 0 spiro atoms. The van der Waals surface area contributed by atoms with Crippen LogP contribution in [0.4, 0.5) is 11.8 Å². The zero-order chi connectivity index (χ0) is 13.0. The Morgan fingerprint density at radius 3 is 2.83 bits per heavy atom. The number of aromatic nitrogens is 2. The zero-order valence-corrected chi connectivity index (χ0v) is 11.8. The van der Waals surface area contributed by atoms with Crippen molar-refractivity contribution in [1.82, 2.24) is 9.97 Å². The molecule has 0 aliphatic rings. The SMILES string of the molecule is CCN(Cc1cccs1)c1cc(C)nc(NC)n1. The first-order chi connectivity index (χ1) is 8.72. The highest BCUT2D eigenvalue weighted by atomic mass is 32.1. The minimum absolute atomic E-state index is 0.676. The number of rotatable bonds is 5. The fourth-order valence-electron chi connectivity index (χ4n) is 1.77. The first-order valence-electron chi connectivity index (χ1n) is 6.03. The van der Waals surface area contributed by atoms with Crippen LogP contribution >= 0.6 is 11.3 Å². The van der Waals surface area contributed by atoms with Gasteiger partial charge >= 0.3 is 0 Å². The van der Waals surface area contributed by atoms with Gasteiger partial charge in [0, 0.05) is 30.2 Å². The van der Waals surface area contributed by atoms with Gasteiger partial charge in [0.2, 0.25) is 5.95 Å². The van der Waals surface area contributed by atoms with Crippen LogP contribution in [0, 0.1) is 6.92 Å². The Morgan fingerprint density at radius 2 is 2.22 bits per heavy atom. The minimum atomic E-state index is 0.676. The third-order valence-electron chi connectivity index (χ3n) is 2.70. The summed E-state index contributed by atoms with van der Waals surface area (Å²) in [6, 6.07) is 6.26. The number of nitrogens with zero attached hydrogens (tertiary/aromatic N) is 3. The molecule has 0 bridgehead atoms. The highest BCUT2D eigenvalue weighted by Crippen LogP contribution is 2.19. The zero-order valence-electron chi connectivity index (χ0n) is 11.0. The molecule has 0 saturated heterocycles. The molecular formula is C13H18N4S. The maximum Gasteiger partial charge on any atom is 0.224 e. The topological polar surface area (TPSA) is 41.1 Å². The van der Waals surface area contributed by atoms with Crippen molar-refractivity contribution in [3.05, 3.63) is 34.2 Å². The second-order valence-electron chi connectivity index (χ2n) is 4.03. The Hall–Kier alpha value is -1.62. The normalized spacial score (nSPS) is 10.4. The molecule has 4 nitrogen and oxygen atoms in total. The van der Waals surface area contributed by atoms with Gasteiger partial charge in [-0.1, -0.05) is 6.07 Å². The average molecular weight is 262 g/mol. The smallest absolute Gasteiger partial charge is 0.224 e. The summed E-state index contributed by atoms with van der Waals surface area (Å²) in [5, 5.41) is 5.10. The Balaban J connectivity index is 2.24. The van der Waals surface area contributed by atoms with E-state index in [9.17, 15) is 0 Å². The molecule has 18 heavy (non-hydrogen) atoms. The van der Waals surface area contributed by atoms with Crippen molar-refractivity contribution >= 4 is 23.1 Å². The van der Waals surface area contributed by atoms with Crippen molar-refractivity contribution in [1.29, 1.82) is 0 Å². The molecule has 0 aliphatic heterocycles. The van der Waals surface area contributed by atoms with Gasteiger partial charge in [0.25, 0.3) is 0 Å². The van der Waals surface area contributed by atoms with E-state index in [2.05, 4.69) is 44.6 Å². The van der Waals surface area contributed by atoms with E-state index >= 15 is 0 Å². The van der Waals surface area contributed by atoms with Crippen LogP contribution in [0.25, 0.3) is 0 Å². The summed E-state index contributed by atoms with van der Waals surface area (Å²) in [4.78, 5) is 12.4. The summed E-state index contributed by atoms with van der Waals surface area (Å²) in [7, 11) is 1.84.